The minimum atomic E-state index is -1.27. The predicted molar refractivity (Wildman–Crippen MR) is 182 cm³/mol. The largest absolute Gasteiger partial charge is 0.507 e. The summed E-state index contributed by atoms with van der Waals surface area (Å²) in [7, 11) is 0. The van der Waals surface area contributed by atoms with Crippen molar-refractivity contribution in [3.05, 3.63) is 106 Å². The van der Waals surface area contributed by atoms with Crippen LogP contribution in [0.5, 0.6) is 17.2 Å². The molecule has 0 spiro atoms. The van der Waals surface area contributed by atoms with Crippen molar-refractivity contribution in [1.82, 2.24) is 0 Å². The second kappa shape index (κ2) is 17.2. The number of phenols is 1. The normalized spacial score (nSPS) is 13.1. The van der Waals surface area contributed by atoms with Gasteiger partial charge in [0.1, 0.15) is 42.1 Å². The molecule has 1 aromatic heterocycles. The van der Waals surface area contributed by atoms with Crippen LogP contribution in [0.15, 0.2) is 98.8 Å². The fraction of sp³-hybridized carbons (Fsp3) is 0.368. The molecule has 8 heteroatoms. The van der Waals surface area contributed by atoms with Gasteiger partial charge in [-0.05, 0) is 116 Å². The van der Waals surface area contributed by atoms with Crippen molar-refractivity contribution >= 4 is 23.0 Å². The van der Waals surface area contributed by atoms with Crippen molar-refractivity contribution in [3.8, 4) is 17.2 Å². The first-order valence-corrected chi connectivity index (χ1v) is 15.5. The molecule has 246 valence electrons. The number of fused-ring (bicyclic) bond motifs is 1. The Labute approximate surface area is 271 Å². The van der Waals surface area contributed by atoms with E-state index in [1.807, 2.05) is 25.1 Å². The molecular weight excluding hydrogens is 584 g/mol. The second-order valence-electron chi connectivity index (χ2n) is 12.2. The van der Waals surface area contributed by atoms with E-state index in [0.29, 0.717) is 48.7 Å². The van der Waals surface area contributed by atoms with Gasteiger partial charge in [0.2, 0.25) is 0 Å². The molecular formula is C38H46O8. The van der Waals surface area contributed by atoms with E-state index in [4.69, 9.17) is 18.6 Å². The van der Waals surface area contributed by atoms with Gasteiger partial charge in [0.25, 0.3) is 0 Å². The maximum Gasteiger partial charge on any atom is 0.336 e. The quantitative estimate of drug-likeness (QED) is 0.0707. The number of aromatic hydroxyl groups is 1. The number of rotatable bonds is 16. The minimum absolute atomic E-state index is 0.0268. The molecule has 3 rings (SSSR count). The first-order valence-electron chi connectivity index (χ1n) is 15.5. The molecule has 2 aromatic carbocycles. The number of esters is 1. The van der Waals surface area contributed by atoms with Crippen LogP contribution in [0.2, 0.25) is 0 Å². The van der Waals surface area contributed by atoms with E-state index in [-0.39, 0.29) is 5.75 Å². The number of hydrogen-bond acceptors (Lipinski definition) is 8. The number of carbonyl (C=O) groups excluding carboxylic acids is 1. The summed E-state index contributed by atoms with van der Waals surface area (Å²) in [4.78, 5) is 24.1. The van der Waals surface area contributed by atoms with Crippen molar-refractivity contribution in [2.24, 2.45) is 0 Å². The lowest BCUT2D eigenvalue weighted by atomic mass is 9.95. The molecule has 8 nitrogen and oxygen atoms in total. The van der Waals surface area contributed by atoms with E-state index in [1.165, 1.54) is 35.4 Å². The topological polar surface area (TPSA) is 115 Å². The molecule has 1 heterocycles. The van der Waals surface area contributed by atoms with E-state index < -0.39 is 23.3 Å². The first-order chi connectivity index (χ1) is 21.8. The van der Waals surface area contributed by atoms with Crippen molar-refractivity contribution in [3.63, 3.8) is 0 Å². The van der Waals surface area contributed by atoms with Crippen molar-refractivity contribution in [1.29, 1.82) is 0 Å². The molecule has 46 heavy (non-hydrogen) atoms. The van der Waals surface area contributed by atoms with Crippen molar-refractivity contribution < 1.29 is 33.6 Å². The number of ether oxygens (including phenoxy) is 3. The van der Waals surface area contributed by atoms with Crippen LogP contribution in [0.1, 0.15) is 72.8 Å². The van der Waals surface area contributed by atoms with Gasteiger partial charge in [-0.3, -0.25) is 0 Å². The lowest BCUT2D eigenvalue weighted by Crippen LogP contribution is -2.39. The molecule has 0 aliphatic heterocycles. The van der Waals surface area contributed by atoms with Crippen LogP contribution in [0, 0.1) is 0 Å². The van der Waals surface area contributed by atoms with Crippen LogP contribution < -0.4 is 15.1 Å². The number of carbonyl (C=O) groups is 1. The van der Waals surface area contributed by atoms with Gasteiger partial charge in [-0.25, -0.2) is 9.59 Å². The second-order valence-corrected chi connectivity index (χ2v) is 12.2. The van der Waals surface area contributed by atoms with Gasteiger partial charge in [0, 0.05) is 35.2 Å². The van der Waals surface area contributed by atoms with Crippen LogP contribution >= 0.6 is 0 Å². The number of hydrogen-bond donors (Lipinski definition) is 2. The highest BCUT2D eigenvalue weighted by molar-refractivity contribution is 5.87. The average Bonchev–Trinajstić information content (AvgIpc) is 2.98. The van der Waals surface area contributed by atoms with Gasteiger partial charge in [-0.1, -0.05) is 22.8 Å². The van der Waals surface area contributed by atoms with Crippen molar-refractivity contribution in [2.75, 3.05) is 13.2 Å². The van der Waals surface area contributed by atoms with Crippen molar-refractivity contribution in [2.45, 2.75) is 78.9 Å². The summed E-state index contributed by atoms with van der Waals surface area (Å²) in [6.45, 7) is 12.1. The summed E-state index contributed by atoms with van der Waals surface area (Å²) >= 11 is 0. The third-order valence-corrected chi connectivity index (χ3v) is 7.30. The van der Waals surface area contributed by atoms with Crippen LogP contribution in [-0.4, -0.2) is 41.1 Å². The fourth-order valence-corrected chi connectivity index (χ4v) is 4.49. The highest BCUT2D eigenvalue weighted by atomic mass is 16.6. The van der Waals surface area contributed by atoms with E-state index in [2.05, 4.69) is 26.8 Å². The third-order valence-electron chi connectivity index (χ3n) is 7.30. The van der Waals surface area contributed by atoms with E-state index in [0.717, 1.165) is 23.8 Å². The first kappa shape index (κ1) is 35.9. The number of phenolic OH excluding ortho intramolecular Hbond substituents is 1. The molecule has 0 fully saturated rings. The van der Waals surface area contributed by atoms with E-state index >= 15 is 0 Å². The lowest BCUT2D eigenvalue weighted by Gasteiger charge is -2.28. The molecule has 0 unspecified atom stereocenters. The van der Waals surface area contributed by atoms with Gasteiger partial charge in [0.15, 0.2) is 0 Å². The van der Waals surface area contributed by atoms with Gasteiger partial charge in [0.05, 0.1) is 5.60 Å². The molecule has 1 atom stereocenters. The summed E-state index contributed by atoms with van der Waals surface area (Å²) in [5, 5.41) is 21.9. The lowest BCUT2D eigenvalue weighted by molar-refractivity contribution is -0.156. The third kappa shape index (κ3) is 12.4. The zero-order chi connectivity index (χ0) is 33.7. The Kier molecular flexibility index (Phi) is 13.4. The Morgan fingerprint density at radius 1 is 0.891 bits per heavy atom. The van der Waals surface area contributed by atoms with E-state index in [9.17, 15) is 19.8 Å². The Morgan fingerprint density at radius 3 is 2.17 bits per heavy atom. The van der Waals surface area contributed by atoms with Crippen LogP contribution in [0.4, 0.5) is 0 Å². The van der Waals surface area contributed by atoms with Gasteiger partial charge < -0.3 is 28.8 Å². The highest BCUT2D eigenvalue weighted by Gasteiger charge is 2.29. The predicted octanol–water partition coefficient (Wildman–Crippen LogP) is 8.07. The SMILES string of the molecule is CC(C)=CCC/C(C)=C/COc1ccc(/C=C/C(=O)O[C@H](CC/C(C)=C/COc2ccc3ccc(=O)oc3c2)C(C)(C)O)c(O)c1. The Morgan fingerprint density at radius 2 is 1.52 bits per heavy atom. The molecule has 0 radical (unpaired) electrons. The zero-order valence-electron chi connectivity index (χ0n) is 27.7. The monoisotopic (exact) mass is 630 g/mol. The number of aliphatic hydroxyl groups is 1. The summed E-state index contributed by atoms with van der Waals surface area (Å²) < 4.78 is 22.3. The molecule has 0 bridgehead atoms. The average molecular weight is 631 g/mol. The molecule has 3 aromatic rings. The summed E-state index contributed by atoms with van der Waals surface area (Å²) in [5.41, 5.74) is 2.74. The molecule has 0 amide bonds. The molecule has 2 N–H and O–H groups in total. The maximum atomic E-state index is 12.7. The molecule has 0 saturated heterocycles. The summed E-state index contributed by atoms with van der Waals surface area (Å²) in [6, 6.07) is 13.3. The molecule has 0 aliphatic carbocycles. The van der Waals surface area contributed by atoms with Gasteiger partial charge in [-0.2, -0.15) is 0 Å². The fourth-order valence-electron chi connectivity index (χ4n) is 4.49. The maximum absolute atomic E-state index is 12.7. The molecule has 0 aliphatic rings. The summed E-state index contributed by atoms with van der Waals surface area (Å²) in [5.74, 6) is 0.435. The summed E-state index contributed by atoms with van der Waals surface area (Å²) in [6.07, 6.45) is 11.0. The van der Waals surface area contributed by atoms with Gasteiger partial charge in [-0.15, -0.1) is 0 Å². The Hall–Kier alpha value is -4.56. The van der Waals surface area contributed by atoms with E-state index in [1.54, 1.807) is 44.2 Å². The van der Waals surface area contributed by atoms with Gasteiger partial charge >= 0.3 is 11.6 Å². The smallest absolute Gasteiger partial charge is 0.336 e. The minimum Gasteiger partial charge on any atom is -0.507 e. The number of allylic oxidation sites excluding steroid dienone is 4. The Bertz CT molecular complexity index is 1650. The Balaban J connectivity index is 1.49. The van der Waals surface area contributed by atoms with Crippen LogP contribution in [0.3, 0.4) is 0 Å². The van der Waals surface area contributed by atoms with Crippen LogP contribution in [-0.2, 0) is 9.53 Å². The number of benzene rings is 2. The zero-order valence-corrected chi connectivity index (χ0v) is 27.7. The molecule has 0 saturated carbocycles. The highest BCUT2D eigenvalue weighted by Crippen LogP contribution is 2.26. The standard InChI is InChI=1S/C38H46O8/c1-26(2)8-7-9-27(3)20-22-43-31-15-11-29(33(39)24-31)13-18-37(41)46-35(38(5,6)42)17-10-28(4)21-23-44-32-16-12-30-14-19-36(40)45-34(30)25-32/h8,11-16,18-21,24-25,35,39,42H,7,9-10,17,22-23H2,1-6H3/b18-13+,27-20+,28-21+/t35-/m1/s1. The van der Waals surface area contributed by atoms with Crippen LogP contribution in [0.25, 0.3) is 17.0 Å².